The summed E-state index contributed by atoms with van der Waals surface area (Å²) in [5, 5.41) is 4.86. The number of hydrogen-bond donors (Lipinski definition) is 1. The van der Waals surface area contributed by atoms with Gasteiger partial charge in [-0.2, -0.15) is 0 Å². The molecule has 0 heterocycles. The van der Waals surface area contributed by atoms with Crippen molar-refractivity contribution < 1.29 is 22.0 Å². The highest BCUT2D eigenvalue weighted by Crippen LogP contribution is 2.20. The van der Waals surface area contributed by atoms with Crippen molar-refractivity contribution in [2.45, 2.75) is 38.1 Å². The lowest BCUT2D eigenvalue weighted by Crippen LogP contribution is -2.38. The van der Waals surface area contributed by atoms with Crippen LogP contribution in [0, 0.1) is 11.6 Å². The zero-order valence-electron chi connectivity index (χ0n) is 12.1. The zero-order chi connectivity index (χ0) is 16.4. The van der Waals surface area contributed by atoms with Crippen molar-refractivity contribution in [1.82, 2.24) is 4.90 Å². The Hall–Kier alpha value is -1.54. The van der Waals surface area contributed by atoms with Gasteiger partial charge in [-0.25, -0.2) is 22.3 Å². The van der Waals surface area contributed by atoms with Gasteiger partial charge in [0.15, 0.2) is 0 Å². The smallest absolute Gasteiger partial charge is 0.257 e. The number of carbonyl (C=O) groups is 1. The normalized spacial score (nSPS) is 11.8. The molecule has 0 bridgehead atoms. The van der Waals surface area contributed by atoms with Gasteiger partial charge in [0.25, 0.3) is 5.91 Å². The van der Waals surface area contributed by atoms with E-state index in [0.717, 1.165) is 0 Å². The highest BCUT2D eigenvalue weighted by Gasteiger charge is 2.25. The number of benzene rings is 1. The van der Waals surface area contributed by atoms with E-state index in [4.69, 9.17) is 5.14 Å². The van der Waals surface area contributed by atoms with Gasteiger partial charge in [-0.1, -0.05) is 6.92 Å². The van der Waals surface area contributed by atoms with Crippen molar-refractivity contribution in [2.24, 2.45) is 5.14 Å². The lowest BCUT2D eigenvalue weighted by molar-refractivity contribution is 0.0700. The summed E-state index contributed by atoms with van der Waals surface area (Å²) >= 11 is 0. The van der Waals surface area contributed by atoms with Gasteiger partial charge >= 0.3 is 0 Å². The molecule has 21 heavy (non-hydrogen) atoms. The number of nitrogens with two attached hydrogens (primary N) is 1. The van der Waals surface area contributed by atoms with Crippen LogP contribution in [-0.4, -0.2) is 31.8 Å². The van der Waals surface area contributed by atoms with Crippen LogP contribution >= 0.6 is 0 Å². The second-order valence-electron chi connectivity index (χ2n) is 4.90. The highest BCUT2D eigenvalue weighted by molar-refractivity contribution is 7.89. The Morgan fingerprint density at radius 1 is 1.29 bits per heavy atom. The lowest BCUT2D eigenvalue weighted by atomic mass is 10.1. The topological polar surface area (TPSA) is 80.5 Å². The molecule has 1 aromatic rings. The summed E-state index contributed by atoms with van der Waals surface area (Å²) in [6.07, 6.45) is 0.648. The van der Waals surface area contributed by atoms with E-state index in [1.807, 2.05) is 6.92 Å². The van der Waals surface area contributed by atoms with Gasteiger partial charge in [0.1, 0.15) is 16.5 Å². The minimum Gasteiger partial charge on any atom is -0.336 e. The van der Waals surface area contributed by atoms with Crippen LogP contribution in [0.1, 0.15) is 37.6 Å². The number of nitrogens with zero attached hydrogens (tertiary/aromatic N) is 1. The van der Waals surface area contributed by atoms with Crippen LogP contribution < -0.4 is 5.14 Å². The molecular formula is C13H18F2N2O3S. The fraction of sp³-hybridized carbons (Fsp3) is 0.462. The molecule has 0 aliphatic rings. The first-order valence-electron chi connectivity index (χ1n) is 6.42. The Bertz CT molecular complexity index is 645. The van der Waals surface area contributed by atoms with E-state index < -0.39 is 38.0 Å². The van der Waals surface area contributed by atoms with E-state index in [2.05, 4.69) is 0 Å². The quantitative estimate of drug-likeness (QED) is 0.899. The van der Waals surface area contributed by atoms with Crippen molar-refractivity contribution in [2.75, 3.05) is 6.54 Å². The van der Waals surface area contributed by atoms with Crippen molar-refractivity contribution >= 4 is 15.9 Å². The average molecular weight is 320 g/mol. The number of sulfonamides is 1. The molecule has 2 N–H and O–H groups in total. The maximum atomic E-state index is 13.8. The molecule has 0 radical (unpaired) electrons. The monoisotopic (exact) mass is 320 g/mol. The SMILES string of the molecule is CCCN(C(=O)c1cc(S(N)(=O)=O)c(F)cc1F)C(C)C. The van der Waals surface area contributed by atoms with E-state index >= 15 is 0 Å². The van der Waals surface area contributed by atoms with Gasteiger partial charge in [-0.15, -0.1) is 0 Å². The van der Waals surface area contributed by atoms with Gasteiger partial charge in [-0.3, -0.25) is 4.79 Å². The maximum absolute atomic E-state index is 13.8. The third kappa shape index (κ3) is 3.98. The summed E-state index contributed by atoms with van der Waals surface area (Å²) < 4.78 is 49.8. The molecule has 118 valence electrons. The van der Waals surface area contributed by atoms with Gasteiger partial charge in [0, 0.05) is 18.7 Å². The van der Waals surface area contributed by atoms with Gasteiger partial charge in [0.2, 0.25) is 10.0 Å². The lowest BCUT2D eigenvalue weighted by Gasteiger charge is -2.26. The number of halogens is 2. The zero-order valence-corrected chi connectivity index (χ0v) is 12.9. The third-order valence-electron chi connectivity index (χ3n) is 2.91. The Balaban J connectivity index is 3.39. The molecule has 1 aromatic carbocycles. The summed E-state index contributed by atoms with van der Waals surface area (Å²) in [4.78, 5) is 12.8. The summed E-state index contributed by atoms with van der Waals surface area (Å²) in [6, 6.07) is 0.796. The van der Waals surface area contributed by atoms with Gasteiger partial charge < -0.3 is 4.90 Å². The minimum absolute atomic E-state index is 0.208. The van der Waals surface area contributed by atoms with E-state index in [1.165, 1.54) is 4.90 Å². The van der Waals surface area contributed by atoms with Gasteiger partial charge in [-0.05, 0) is 26.3 Å². The molecule has 0 atom stereocenters. The second-order valence-corrected chi connectivity index (χ2v) is 6.43. The van der Waals surface area contributed by atoms with Crippen LogP contribution in [0.15, 0.2) is 17.0 Å². The Kier molecular flexibility index (Phi) is 5.41. The number of rotatable bonds is 5. The van der Waals surface area contributed by atoms with E-state index in [-0.39, 0.29) is 6.04 Å². The van der Waals surface area contributed by atoms with Crippen LogP contribution in [0.25, 0.3) is 0 Å². The fourth-order valence-electron chi connectivity index (χ4n) is 1.90. The summed E-state index contributed by atoms with van der Waals surface area (Å²) in [6.45, 7) is 5.71. The van der Waals surface area contributed by atoms with E-state index in [0.29, 0.717) is 25.1 Å². The first-order chi connectivity index (χ1) is 9.59. The minimum atomic E-state index is -4.38. The molecule has 0 aliphatic carbocycles. The second kappa shape index (κ2) is 6.48. The van der Waals surface area contributed by atoms with Crippen LogP contribution in [-0.2, 0) is 10.0 Å². The maximum Gasteiger partial charge on any atom is 0.257 e. The molecule has 0 aliphatic heterocycles. The fourth-order valence-corrected chi connectivity index (χ4v) is 2.51. The van der Waals surface area contributed by atoms with Crippen LogP contribution in [0.4, 0.5) is 8.78 Å². The third-order valence-corrected chi connectivity index (χ3v) is 3.83. The van der Waals surface area contributed by atoms with E-state index in [1.54, 1.807) is 13.8 Å². The summed E-state index contributed by atoms with van der Waals surface area (Å²) in [5.41, 5.74) is -0.512. The van der Waals surface area contributed by atoms with Crippen molar-refractivity contribution in [3.63, 3.8) is 0 Å². The van der Waals surface area contributed by atoms with Gasteiger partial charge in [0.05, 0.1) is 5.56 Å². The molecule has 0 saturated heterocycles. The average Bonchev–Trinajstić information content (AvgIpc) is 2.33. The molecule has 5 nitrogen and oxygen atoms in total. The molecule has 0 unspecified atom stereocenters. The predicted molar refractivity (Wildman–Crippen MR) is 74.2 cm³/mol. The molecule has 1 amide bonds. The molecule has 0 saturated carbocycles. The molecule has 1 rings (SSSR count). The van der Waals surface area contributed by atoms with Crippen LogP contribution in [0.2, 0.25) is 0 Å². The number of carbonyl (C=O) groups excluding carboxylic acids is 1. The number of primary sulfonamides is 1. The molecule has 8 heteroatoms. The summed E-state index contributed by atoms with van der Waals surface area (Å²) in [7, 11) is -4.38. The molecule has 0 spiro atoms. The van der Waals surface area contributed by atoms with Crippen molar-refractivity contribution in [3.05, 3.63) is 29.3 Å². The Morgan fingerprint density at radius 2 is 1.86 bits per heavy atom. The van der Waals surface area contributed by atoms with Crippen molar-refractivity contribution in [1.29, 1.82) is 0 Å². The molecule has 0 aromatic heterocycles. The molecule has 0 fully saturated rings. The largest absolute Gasteiger partial charge is 0.336 e. The van der Waals surface area contributed by atoms with E-state index in [9.17, 15) is 22.0 Å². The predicted octanol–water partition coefficient (Wildman–Crippen LogP) is 1.87. The Morgan fingerprint density at radius 3 is 2.29 bits per heavy atom. The number of hydrogen-bond acceptors (Lipinski definition) is 3. The first kappa shape index (κ1) is 17.5. The molecular weight excluding hydrogens is 302 g/mol. The summed E-state index contributed by atoms with van der Waals surface area (Å²) in [5.74, 6) is -3.14. The number of amides is 1. The van der Waals surface area contributed by atoms with Crippen molar-refractivity contribution in [3.8, 4) is 0 Å². The highest BCUT2D eigenvalue weighted by atomic mass is 32.2. The van der Waals surface area contributed by atoms with Crippen LogP contribution in [0.3, 0.4) is 0 Å². The van der Waals surface area contributed by atoms with Crippen LogP contribution in [0.5, 0.6) is 0 Å². The first-order valence-corrected chi connectivity index (χ1v) is 7.97. The Labute approximate surface area is 122 Å². The standard InChI is InChI=1S/C13H18F2N2O3S/c1-4-5-17(8(2)3)13(18)9-6-12(21(16,19)20)11(15)7-10(9)14/h6-8H,4-5H2,1-3H3,(H2,16,19,20).